The summed E-state index contributed by atoms with van der Waals surface area (Å²) in [6.07, 6.45) is 1.11. The van der Waals surface area contributed by atoms with Gasteiger partial charge in [-0.3, -0.25) is 9.52 Å². The van der Waals surface area contributed by atoms with Gasteiger partial charge in [-0.1, -0.05) is 36.4 Å². The quantitative estimate of drug-likeness (QED) is 0.745. The average molecular weight is 348 g/mol. The number of aromatic hydroxyl groups is 1. The number of benzene rings is 2. The van der Waals surface area contributed by atoms with E-state index in [4.69, 9.17) is 0 Å². The summed E-state index contributed by atoms with van der Waals surface area (Å²) >= 11 is 0. The van der Waals surface area contributed by atoms with E-state index in [1.165, 1.54) is 6.07 Å². The lowest BCUT2D eigenvalue weighted by Crippen LogP contribution is -2.28. The van der Waals surface area contributed by atoms with Gasteiger partial charge in [0.2, 0.25) is 15.9 Å². The predicted molar refractivity (Wildman–Crippen MR) is 93.3 cm³/mol. The first kappa shape index (κ1) is 17.8. The molecule has 0 aliphatic heterocycles. The van der Waals surface area contributed by atoms with Crippen LogP contribution in [0.4, 0.5) is 5.69 Å². The Morgan fingerprint density at radius 1 is 1.12 bits per heavy atom. The van der Waals surface area contributed by atoms with Crippen molar-refractivity contribution < 1.29 is 18.3 Å². The van der Waals surface area contributed by atoms with E-state index in [1.807, 2.05) is 0 Å². The van der Waals surface area contributed by atoms with Crippen molar-refractivity contribution in [1.82, 2.24) is 5.32 Å². The van der Waals surface area contributed by atoms with E-state index >= 15 is 0 Å². The Kier molecular flexibility index (Phi) is 5.46. The maximum atomic E-state index is 12.2. The zero-order valence-electron chi connectivity index (χ0n) is 13.5. The number of anilines is 1. The van der Waals surface area contributed by atoms with E-state index in [9.17, 15) is 18.3 Å². The first-order valence-electron chi connectivity index (χ1n) is 7.39. The topological polar surface area (TPSA) is 95.5 Å². The fourth-order valence-electron chi connectivity index (χ4n) is 2.37. The van der Waals surface area contributed by atoms with Crippen molar-refractivity contribution in [3.05, 3.63) is 59.7 Å². The van der Waals surface area contributed by atoms with Crippen LogP contribution in [0.25, 0.3) is 0 Å². The van der Waals surface area contributed by atoms with Crippen LogP contribution in [0.5, 0.6) is 5.75 Å². The maximum Gasteiger partial charge on any atom is 0.229 e. The number of amides is 1. The Hall–Kier alpha value is -2.54. The highest BCUT2D eigenvalue weighted by atomic mass is 32.2. The molecule has 0 unspecified atom stereocenters. The summed E-state index contributed by atoms with van der Waals surface area (Å²) in [7, 11) is -3.41. The summed E-state index contributed by atoms with van der Waals surface area (Å²) in [6, 6.07) is 13.1. The molecule has 0 bridgehead atoms. The van der Waals surface area contributed by atoms with E-state index in [2.05, 4.69) is 10.0 Å². The predicted octanol–water partition coefficient (Wildman–Crippen LogP) is 2.18. The fourth-order valence-corrected chi connectivity index (χ4v) is 2.96. The van der Waals surface area contributed by atoms with Crippen molar-refractivity contribution in [2.24, 2.45) is 0 Å². The summed E-state index contributed by atoms with van der Waals surface area (Å²) in [5.41, 5.74) is 1.62. The van der Waals surface area contributed by atoms with Gasteiger partial charge in [0.1, 0.15) is 5.75 Å². The molecule has 0 saturated heterocycles. The normalized spacial score (nSPS) is 12.4. The van der Waals surface area contributed by atoms with Gasteiger partial charge in [-0.25, -0.2) is 8.42 Å². The summed E-state index contributed by atoms with van der Waals surface area (Å²) < 4.78 is 25.3. The minimum absolute atomic E-state index is 0.0404. The molecule has 2 aromatic rings. The van der Waals surface area contributed by atoms with Gasteiger partial charge in [0.05, 0.1) is 24.4 Å². The monoisotopic (exact) mass is 348 g/mol. The van der Waals surface area contributed by atoms with Gasteiger partial charge in [-0.15, -0.1) is 0 Å². The second-order valence-electron chi connectivity index (χ2n) is 5.56. The zero-order chi connectivity index (χ0) is 17.7. The number of carbonyl (C=O) groups is 1. The highest BCUT2D eigenvalue weighted by Gasteiger charge is 2.16. The third kappa shape index (κ3) is 4.99. The largest absolute Gasteiger partial charge is 0.508 e. The molecule has 0 heterocycles. The van der Waals surface area contributed by atoms with Crippen LogP contribution in [-0.2, 0) is 21.2 Å². The van der Waals surface area contributed by atoms with Gasteiger partial charge in [-0.05, 0) is 24.6 Å². The van der Waals surface area contributed by atoms with Crippen LogP contribution in [0.3, 0.4) is 0 Å². The van der Waals surface area contributed by atoms with Crippen molar-refractivity contribution in [3.63, 3.8) is 0 Å². The van der Waals surface area contributed by atoms with E-state index in [0.29, 0.717) is 16.8 Å². The molecule has 0 spiro atoms. The number of phenolic OH excluding ortho intramolecular Hbond substituents is 1. The minimum atomic E-state index is -3.41. The highest BCUT2D eigenvalue weighted by Crippen LogP contribution is 2.24. The van der Waals surface area contributed by atoms with Crippen LogP contribution in [0.2, 0.25) is 0 Å². The Labute approximate surface area is 141 Å². The number of nitrogens with one attached hydrogen (secondary N) is 2. The lowest BCUT2D eigenvalue weighted by Gasteiger charge is -2.18. The third-order valence-corrected chi connectivity index (χ3v) is 4.03. The average Bonchev–Trinajstić information content (AvgIpc) is 2.48. The Bertz CT molecular complexity index is 834. The van der Waals surface area contributed by atoms with Crippen molar-refractivity contribution in [2.45, 2.75) is 19.4 Å². The number of phenols is 1. The zero-order valence-corrected chi connectivity index (χ0v) is 14.3. The summed E-state index contributed by atoms with van der Waals surface area (Å²) in [4.78, 5) is 12.2. The highest BCUT2D eigenvalue weighted by molar-refractivity contribution is 7.92. The molecular formula is C17H20N2O4S. The van der Waals surface area contributed by atoms with E-state index in [1.54, 1.807) is 49.4 Å². The molecule has 0 fully saturated rings. The first-order valence-corrected chi connectivity index (χ1v) is 9.28. The van der Waals surface area contributed by atoms with Gasteiger partial charge in [0, 0.05) is 5.56 Å². The molecule has 0 radical (unpaired) electrons. The molecule has 1 amide bonds. The minimum Gasteiger partial charge on any atom is -0.508 e. The van der Waals surface area contributed by atoms with Crippen molar-refractivity contribution >= 4 is 21.6 Å². The summed E-state index contributed by atoms with van der Waals surface area (Å²) in [5, 5.41) is 12.5. The molecule has 7 heteroatoms. The van der Waals surface area contributed by atoms with Crippen LogP contribution < -0.4 is 10.0 Å². The van der Waals surface area contributed by atoms with Crippen LogP contribution in [-0.4, -0.2) is 25.7 Å². The van der Waals surface area contributed by atoms with E-state index in [-0.39, 0.29) is 18.1 Å². The standard InChI is InChI=1S/C17H20N2O4S/c1-12(14-8-4-5-9-15(14)19-24(2,22)23)18-17(21)11-13-7-3-6-10-16(13)20/h3-10,12,19-20H,11H2,1-2H3,(H,18,21)/t12-/m1/s1. The van der Waals surface area contributed by atoms with Gasteiger partial charge in [0.15, 0.2) is 0 Å². The lowest BCUT2D eigenvalue weighted by molar-refractivity contribution is -0.121. The van der Waals surface area contributed by atoms with Crippen molar-refractivity contribution in [2.75, 3.05) is 11.0 Å². The summed E-state index contributed by atoms with van der Waals surface area (Å²) in [5.74, 6) is -0.197. The van der Waals surface area contributed by atoms with E-state index < -0.39 is 16.1 Å². The SMILES string of the molecule is C[C@@H](NC(=O)Cc1ccccc1O)c1ccccc1NS(C)(=O)=O. The third-order valence-electron chi connectivity index (χ3n) is 3.44. The molecular weight excluding hydrogens is 328 g/mol. The number of sulfonamides is 1. The molecule has 0 aliphatic rings. The molecule has 2 rings (SSSR count). The smallest absolute Gasteiger partial charge is 0.229 e. The van der Waals surface area contributed by atoms with Gasteiger partial charge in [-0.2, -0.15) is 0 Å². The molecule has 0 saturated carbocycles. The molecule has 6 nitrogen and oxygen atoms in total. The van der Waals surface area contributed by atoms with Gasteiger partial charge >= 0.3 is 0 Å². The molecule has 0 aliphatic carbocycles. The number of hydrogen-bond acceptors (Lipinski definition) is 4. The van der Waals surface area contributed by atoms with Gasteiger partial charge < -0.3 is 10.4 Å². The fraction of sp³-hybridized carbons (Fsp3) is 0.235. The maximum absolute atomic E-state index is 12.2. The first-order chi connectivity index (χ1) is 11.3. The number of hydrogen-bond donors (Lipinski definition) is 3. The van der Waals surface area contributed by atoms with Crippen LogP contribution in [0.1, 0.15) is 24.1 Å². The molecule has 24 heavy (non-hydrogen) atoms. The number of rotatable bonds is 6. The van der Waals surface area contributed by atoms with Crippen LogP contribution in [0.15, 0.2) is 48.5 Å². The molecule has 128 valence electrons. The van der Waals surface area contributed by atoms with E-state index in [0.717, 1.165) is 6.26 Å². The Balaban J connectivity index is 2.11. The van der Waals surface area contributed by atoms with Crippen LogP contribution >= 0.6 is 0 Å². The molecule has 3 N–H and O–H groups in total. The number of para-hydroxylation sites is 2. The Morgan fingerprint density at radius 2 is 1.75 bits per heavy atom. The molecule has 1 atom stereocenters. The Morgan fingerprint density at radius 3 is 2.42 bits per heavy atom. The van der Waals surface area contributed by atoms with Crippen molar-refractivity contribution in [3.8, 4) is 5.75 Å². The summed E-state index contributed by atoms with van der Waals surface area (Å²) in [6.45, 7) is 1.77. The second kappa shape index (κ2) is 7.35. The van der Waals surface area contributed by atoms with Crippen LogP contribution in [0, 0.1) is 0 Å². The molecule has 0 aromatic heterocycles. The molecule has 2 aromatic carbocycles. The lowest BCUT2D eigenvalue weighted by atomic mass is 10.1. The van der Waals surface area contributed by atoms with Gasteiger partial charge in [0.25, 0.3) is 0 Å². The number of carbonyl (C=O) groups excluding carboxylic acids is 1. The second-order valence-corrected chi connectivity index (χ2v) is 7.30. The van der Waals surface area contributed by atoms with Crippen molar-refractivity contribution in [1.29, 1.82) is 0 Å².